The maximum absolute atomic E-state index is 13.3. The molecular formula is C16H20F2N4S. The molecule has 23 heavy (non-hydrogen) atoms. The van der Waals surface area contributed by atoms with Crippen molar-refractivity contribution in [3.8, 4) is 0 Å². The number of nitrogens with zero attached hydrogens (tertiary/aromatic N) is 2. The van der Waals surface area contributed by atoms with Crippen molar-refractivity contribution in [1.29, 1.82) is 0 Å². The molecular weight excluding hydrogens is 318 g/mol. The van der Waals surface area contributed by atoms with Crippen molar-refractivity contribution in [2.24, 2.45) is 4.99 Å². The lowest BCUT2D eigenvalue weighted by molar-refractivity contribution is 0.504. The van der Waals surface area contributed by atoms with Gasteiger partial charge in [0, 0.05) is 17.6 Å². The van der Waals surface area contributed by atoms with Gasteiger partial charge < -0.3 is 10.6 Å². The molecule has 1 aromatic heterocycles. The van der Waals surface area contributed by atoms with Gasteiger partial charge in [0.05, 0.1) is 12.6 Å². The summed E-state index contributed by atoms with van der Waals surface area (Å²) in [5.74, 6) is -1.09. The van der Waals surface area contributed by atoms with Gasteiger partial charge in [-0.1, -0.05) is 6.07 Å². The predicted molar refractivity (Wildman–Crippen MR) is 89.6 cm³/mol. The lowest BCUT2D eigenvalue weighted by Crippen LogP contribution is -2.38. The van der Waals surface area contributed by atoms with Crippen LogP contribution >= 0.6 is 11.3 Å². The van der Waals surface area contributed by atoms with Gasteiger partial charge in [-0.05, 0) is 38.5 Å². The molecule has 4 nitrogen and oxygen atoms in total. The summed E-state index contributed by atoms with van der Waals surface area (Å²) in [4.78, 5) is 9.89. The molecule has 0 aliphatic carbocycles. The first kappa shape index (κ1) is 17.3. The summed E-state index contributed by atoms with van der Waals surface area (Å²) in [5, 5.41) is 7.25. The number of hydrogen-bond acceptors (Lipinski definition) is 3. The lowest BCUT2D eigenvalue weighted by atomic mass is 10.1. The highest BCUT2D eigenvalue weighted by Crippen LogP contribution is 2.16. The third-order valence-corrected chi connectivity index (χ3v) is 4.08. The minimum atomic E-state index is -0.851. The van der Waals surface area contributed by atoms with Crippen LogP contribution in [0.2, 0.25) is 0 Å². The van der Waals surface area contributed by atoms with Gasteiger partial charge in [-0.3, -0.25) is 0 Å². The highest BCUT2D eigenvalue weighted by molar-refractivity contribution is 7.11. The average molecular weight is 338 g/mol. The van der Waals surface area contributed by atoms with Crippen LogP contribution in [0.5, 0.6) is 0 Å². The van der Waals surface area contributed by atoms with E-state index in [4.69, 9.17) is 0 Å². The van der Waals surface area contributed by atoms with E-state index in [9.17, 15) is 8.78 Å². The van der Waals surface area contributed by atoms with Crippen molar-refractivity contribution >= 4 is 17.3 Å². The monoisotopic (exact) mass is 338 g/mol. The van der Waals surface area contributed by atoms with Crippen LogP contribution in [0.25, 0.3) is 0 Å². The smallest absolute Gasteiger partial charge is 0.192 e. The fraction of sp³-hybridized carbons (Fsp3) is 0.375. The van der Waals surface area contributed by atoms with Crippen LogP contribution in [0.3, 0.4) is 0 Å². The molecule has 1 unspecified atom stereocenters. The van der Waals surface area contributed by atoms with E-state index in [-0.39, 0.29) is 6.04 Å². The summed E-state index contributed by atoms with van der Waals surface area (Å²) in [7, 11) is 0. The number of benzene rings is 1. The third kappa shape index (κ3) is 4.99. The number of guanidine groups is 1. The highest BCUT2D eigenvalue weighted by atomic mass is 32.1. The maximum Gasteiger partial charge on any atom is 0.192 e. The van der Waals surface area contributed by atoms with Crippen LogP contribution in [0.4, 0.5) is 8.78 Å². The molecule has 0 spiro atoms. The van der Waals surface area contributed by atoms with Crippen molar-refractivity contribution in [3.05, 3.63) is 51.5 Å². The number of hydrogen-bond donors (Lipinski definition) is 2. The molecule has 0 amide bonds. The van der Waals surface area contributed by atoms with Gasteiger partial charge in [-0.25, -0.2) is 18.8 Å². The molecule has 0 saturated carbocycles. The summed E-state index contributed by atoms with van der Waals surface area (Å²) in [6.07, 6.45) is 1.82. The van der Waals surface area contributed by atoms with Crippen molar-refractivity contribution in [2.45, 2.75) is 33.4 Å². The van der Waals surface area contributed by atoms with Gasteiger partial charge in [0.1, 0.15) is 5.01 Å². The second-order valence-electron chi connectivity index (χ2n) is 5.10. The van der Waals surface area contributed by atoms with Crippen LogP contribution in [-0.2, 0) is 6.54 Å². The normalized spacial score (nSPS) is 13.0. The van der Waals surface area contributed by atoms with E-state index in [1.165, 1.54) is 6.07 Å². The molecule has 0 aliphatic heterocycles. The first-order chi connectivity index (χ1) is 11.0. The summed E-state index contributed by atoms with van der Waals surface area (Å²) < 4.78 is 26.4. The number of aryl methyl sites for hydroxylation is 1. The molecule has 0 saturated heterocycles. The van der Waals surface area contributed by atoms with E-state index < -0.39 is 11.6 Å². The molecule has 0 aliphatic rings. The number of aliphatic imine (C=N–C) groups is 1. The Morgan fingerprint density at radius 3 is 2.74 bits per heavy atom. The number of aromatic nitrogens is 1. The van der Waals surface area contributed by atoms with E-state index in [0.29, 0.717) is 24.6 Å². The Morgan fingerprint density at radius 2 is 2.13 bits per heavy atom. The Hall–Kier alpha value is -2.02. The first-order valence-corrected chi connectivity index (χ1v) is 8.22. The van der Waals surface area contributed by atoms with E-state index in [2.05, 4.69) is 20.6 Å². The van der Waals surface area contributed by atoms with E-state index >= 15 is 0 Å². The van der Waals surface area contributed by atoms with E-state index in [0.717, 1.165) is 16.0 Å². The molecule has 1 atom stereocenters. The van der Waals surface area contributed by atoms with Crippen LogP contribution in [0.1, 0.15) is 35.3 Å². The minimum Gasteiger partial charge on any atom is -0.357 e. The van der Waals surface area contributed by atoms with Crippen molar-refractivity contribution < 1.29 is 8.78 Å². The molecule has 1 aromatic carbocycles. The van der Waals surface area contributed by atoms with Crippen LogP contribution < -0.4 is 10.6 Å². The van der Waals surface area contributed by atoms with Crippen molar-refractivity contribution in [3.63, 3.8) is 0 Å². The second-order valence-corrected chi connectivity index (χ2v) is 6.42. The van der Waals surface area contributed by atoms with E-state index in [1.807, 2.05) is 27.0 Å². The van der Waals surface area contributed by atoms with Gasteiger partial charge in [-0.2, -0.15) is 0 Å². The van der Waals surface area contributed by atoms with Gasteiger partial charge in [-0.15, -0.1) is 11.3 Å². The van der Waals surface area contributed by atoms with Crippen LogP contribution in [0, 0.1) is 18.6 Å². The highest BCUT2D eigenvalue weighted by Gasteiger charge is 2.11. The molecule has 2 N–H and O–H groups in total. The Labute approximate surface area is 138 Å². The molecule has 0 radical (unpaired) electrons. The molecule has 2 rings (SSSR count). The summed E-state index contributed by atoms with van der Waals surface area (Å²) in [6.45, 7) is 7.01. The quantitative estimate of drug-likeness (QED) is 0.647. The molecule has 124 valence electrons. The number of thiazole rings is 1. The molecule has 7 heteroatoms. The van der Waals surface area contributed by atoms with Crippen LogP contribution in [-0.4, -0.2) is 17.5 Å². The Balaban J connectivity index is 2.06. The van der Waals surface area contributed by atoms with Crippen molar-refractivity contribution in [2.75, 3.05) is 6.54 Å². The Morgan fingerprint density at radius 1 is 1.35 bits per heavy atom. The number of halogens is 2. The first-order valence-electron chi connectivity index (χ1n) is 7.40. The zero-order chi connectivity index (χ0) is 16.8. The zero-order valence-electron chi connectivity index (χ0n) is 13.4. The lowest BCUT2D eigenvalue weighted by Gasteiger charge is -2.18. The Bertz CT molecular complexity index is 684. The SMILES string of the molecule is CCNC(=NCc1ncc(C)s1)NC(C)c1ccc(F)c(F)c1. The second kappa shape index (κ2) is 8.01. The summed E-state index contributed by atoms with van der Waals surface area (Å²) in [5.41, 5.74) is 0.652. The number of rotatable bonds is 5. The predicted octanol–water partition coefficient (Wildman–Crippen LogP) is 3.55. The van der Waals surface area contributed by atoms with Gasteiger partial charge in [0.15, 0.2) is 17.6 Å². The van der Waals surface area contributed by atoms with Gasteiger partial charge in [0.2, 0.25) is 0 Å². The maximum atomic E-state index is 13.3. The zero-order valence-corrected chi connectivity index (χ0v) is 14.2. The topological polar surface area (TPSA) is 49.3 Å². The largest absolute Gasteiger partial charge is 0.357 e. The molecule has 0 bridgehead atoms. The van der Waals surface area contributed by atoms with Crippen LogP contribution in [0.15, 0.2) is 29.4 Å². The minimum absolute atomic E-state index is 0.207. The average Bonchev–Trinajstić information content (AvgIpc) is 2.93. The van der Waals surface area contributed by atoms with Crippen molar-refractivity contribution in [1.82, 2.24) is 15.6 Å². The third-order valence-electron chi connectivity index (χ3n) is 3.18. The fourth-order valence-electron chi connectivity index (χ4n) is 2.01. The molecule has 0 fully saturated rings. The molecule has 2 aromatic rings. The number of nitrogens with one attached hydrogen (secondary N) is 2. The van der Waals surface area contributed by atoms with E-state index in [1.54, 1.807) is 17.4 Å². The van der Waals surface area contributed by atoms with Gasteiger partial charge >= 0.3 is 0 Å². The molecule has 1 heterocycles. The Kier molecular flexibility index (Phi) is 6.04. The fourth-order valence-corrected chi connectivity index (χ4v) is 2.72. The summed E-state index contributed by atoms with van der Waals surface area (Å²) >= 11 is 1.60. The summed E-state index contributed by atoms with van der Waals surface area (Å²) in [6, 6.07) is 3.68. The van der Waals surface area contributed by atoms with Gasteiger partial charge in [0.25, 0.3) is 0 Å². The standard InChI is InChI=1S/C16H20F2N4S/c1-4-19-16(21-9-15-20-8-10(2)23-15)22-11(3)12-5-6-13(17)14(18)7-12/h5-8,11H,4,9H2,1-3H3,(H2,19,21,22).